The first kappa shape index (κ1) is 54.2. The van der Waals surface area contributed by atoms with Crippen molar-refractivity contribution in [2.45, 2.75) is 39.7 Å². The van der Waals surface area contributed by atoms with Gasteiger partial charge in [0.1, 0.15) is 30.9 Å². The van der Waals surface area contributed by atoms with Gasteiger partial charge in [-0.2, -0.15) is 27.0 Å². The Morgan fingerprint density at radius 2 is 1.10 bits per heavy atom. The quantitative estimate of drug-likeness (QED) is 0.0769. The van der Waals surface area contributed by atoms with Gasteiger partial charge in [0.05, 0.1) is 40.7 Å². The Labute approximate surface area is 413 Å². The molecule has 69 heavy (non-hydrogen) atoms. The molecule has 17 nitrogen and oxygen atoms in total. The number of ether oxygens (including phenoxy) is 2. The van der Waals surface area contributed by atoms with E-state index in [4.69, 9.17) is 9.47 Å². The Hall–Kier alpha value is -7.42. The third-order valence-electron chi connectivity index (χ3n) is 10.7. The number of fused-ring (bicyclic) bond motifs is 2. The van der Waals surface area contributed by atoms with Gasteiger partial charge in [0.2, 0.25) is 5.88 Å². The lowest BCUT2D eigenvalue weighted by molar-refractivity contribution is 0.0956. The van der Waals surface area contributed by atoms with Crippen LogP contribution in [0.2, 0.25) is 0 Å². The third kappa shape index (κ3) is 13.0. The molecule has 8 rings (SSSR count). The van der Waals surface area contributed by atoms with Crippen molar-refractivity contribution in [2.24, 2.45) is 0 Å². The van der Waals surface area contributed by atoms with Crippen molar-refractivity contribution in [1.29, 1.82) is 0 Å². The predicted octanol–water partition coefficient (Wildman–Crippen LogP) is 7.87. The number of pyridine rings is 3. The summed E-state index contributed by atoms with van der Waals surface area (Å²) in [7, 11) is 6.21. The second-order valence-corrected chi connectivity index (χ2v) is 15.0. The normalized spacial score (nSPS) is 11.3. The number of carbonyl (C=O) groups is 2. The van der Waals surface area contributed by atoms with Crippen LogP contribution in [-0.4, -0.2) is 98.1 Å². The van der Waals surface area contributed by atoms with Crippen molar-refractivity contribution in [3.8, 4) is 28.4 Å². The van der Waals surface area contributed by atoms with Crippen LogP contribution in [0.3, 0.4) is 0 Å². The van der Waals surface area contributed by atoms with E-state index in [-0.39, 0.29) is 63.9 Å². The molecule has 2 amide bonds. The predicted molar refractivity (Wildman–Crippen MR) is 277 cm³/mol. The van der Waals surface area contributed by atoms with Crippen molar-refractivity contribution in [3.05, 3.63) is 144 Å². The van der Waals surface area contributed by atoms with Crippen molar-refractivity contribution < 1.29 is 23.5 Å². The standard InChI is InChI=1S/C24H23FN6O2.C24H25N7O2.CH4.2H2S/c1-14(16-5-4-6-17-18(23(32)26-2)7-8-27-22(16)17)11-28-21-10-20(30-13-31-21)15-9-19(25)24(33-3)29-12-15;1-15(17-5-4-6-18-19(24(32)25-2)7-8-26-23(17)18)10-27-21-9-20(30-14-31-21)16-11-28-22(13-33-3)29-12-16;;;/h4-10,12-14H,11H2,1-3H3,(H,26,32)(H,28,30,31);4-9,11-12,14-15H,10,13H2,1-3H3,(H,25,32)(H,27,30,31);1H4;2*1H2/t14-;15-;;;/m11.../s1. The summed E-state index contributed by atoms with van der Waals surface area (Å²) in [5.74, 6) is 1.21. The van der Waals surface area contributed by atoms with Crippen LogP contribution in [0.25, 0.3) is 44.3 Å². The van der Waals surface area contributed by atoms with Crippen LogP contribution in [0.4, 0.5) is 16.0 Å². The summed E-state index contributed by atoms with van der Waals surface area (Å²) in [5.41, 5.74) is 7.47. The summed E-state index contributed by atoms with van der Waals surface area (Å²) in [6, 6.07) is 20.1. The van der Waals surface area contributed by atoms with Crippen molar-refractivity contribution in [2.75, 3.05) is 52.0 Å². The molecule has 2 aromatic carbocycles. The minimum atomic E-state index is -0.559. The minimum Gasteiger partial charge on any atom is -0.479 e. The van der Waals surface area contributed by atoms with E-state index in [1.165, 1.54) is 32.0 Å². The molecule has 0 unspecified atom stereocenters. The van der Waals surface area contributed by atoms with Crippen LogP contribution in [0.5, 0.6) is 5.88 Å². The zero-order valence-corrected chi connectivity index (χ0v) is 40.2. The van der Waals surface area contributed by atoms with E-state index >= 15 is 0 Å². The number of nitrogens with zero attached hydrogens (tertiary/aromatic N) is 9. The first-order valence-electron chi connectivity index (χ1n) is 20.9. The molecule has 0 radical (unpaired) electrons. The number of nitrogens with one attached hydrogen (secondary N) is 4. The molecule has 0 bridgehead atoms. The summed E-state index contributed by atoms with van der Waals surface area (Å²) in [6.45, 7) is 5.74. The zero-order chi connectivity index (χ0) is 46.6. The van der Waals surface area contributed by atoms with Crippen LogP contribution < -0.4 is 26.0 Å². The summed E-state index contributed by atoms with van der Waals surface area (Å²) < 4.78 is 23.9. The van der Waals surface area contributed by atoms with Gasteiger partial charge in [-0.15, -0.1) is 0 Å². The van der Waals surface area contributed by atoms with Gasteiger partial charge in [-0.05, 0) is 29.3 Å². The second kappa shape index (κ2) is 25.6. The van der Waals surface area contributed by atoms with E-state index in [9.17, 15) is 14.0 Å². The average molecular weight is 974 g/mol. The number of para-hydroxylation sites is 2. The molecule has 0 aliphatic carbocycles. The monoisotopic (exact) mass is 973 g/mol. The lowest BCUT2D eigenvalue weighted by atomic mass is 9.96. The van der Waals surface area contributed by atoms with E-state index in [0.717, 1.165) is 44.2 Å². The van der Waals surface area contributed by atoms with Crippen LogP contribution >= 0.6 is 27.0 Å². The summed E-state index contributed by atoms with van der Waals surface area (Å²) in [4.78, 5) is 63.2. The van der Waals surface area contributed by atoms with Crippen LogP contribution in [-0.2, 0) is 11.3 Å². The fraction of sp³-hybridized carbons (Fsp3) is 0.245. The number of hydrogen-bond acceptors (Lipinski definition) is 15. The largest absolute Gasteiger partial charge is 0.479 e. The fourth-order valence-corrected chi connectivity index (χ4v) is 7.22. The fourth-order valence-electron chi connectivity index (χ4n) is 7.22. The van der Waals surface area contributed by atoms with Crippen molar-refractivity contribution in [3.63, 3.8) is 0 Å². The molecule has 6 heterocycles. The summed E-state index contributed by atoms with van der Waals surface area (Å²) in [6.07, 6.45) is 11.2. The molecule has 6 aromatic heterocycles. The molecule has 2 atom stereocenters. The number of methoxy groups -OCH3 is 2. The highest BCUT2D eigenvalue weighted by Crippen LogP contribution is 2.29. The highest BCUT2D eigenvalue weighted by Gasteiger charge is 2.18. The lowest BCUT2D eigenvalue weighted by Gasteiger charge is -2.16. The van der Waals surface area contributed by atoms with E-state index in [1.54, 1.807) is 64.2 Å². The Balaban J connectivity index is 0.000000288. The Morgan fingerprint density at radius 3 is 1.55 bits per heavy atom. The smallest absolute Gasteiger partial charge is 0.251 e. The molecule has 0 saturated heterocycles. The molecule has 360 valence electrons. The second-order valence-electron chi connectivity index (χ2n) is 15.0. The van der Waals surface area contributed by atoms with Crippen molar-refractivity contribution >= 4 is 72.2 Å². The Kier molecular flexibility index (Phi) is 20.1. The molecule has 4 N–H and O–H groups in total. The number of carbonyl (C=O) groups excluding carboxylic acids is 2. The van der Waals surface area contributed by atoms with Gasteiger partial charge in [0.25, 0.3) is 11.8 Å². The molecule has 20 heteroatoms. The number of halogens is 1. The number of amides is 2. The SMILES string of the molecule is C.CNC(=O)c1ccnc2c([C@H](C)CNc3cc(-c4cnc(COC)nc4)ncn3)cccc12.CNC(=O)c1ccnc2c([C@H](C)CNc3cc(-c4cnc(OC)c(F)c4)ncn3)cccc12.S.S. The van der Waals surface area contributed by atoms with Crippen LogP contribution in [0.1, 0.15) is 70.8 Å². The lowest BCUT2D eigenvalue weighted by Crippen LogP contribution is -2.18. The minimum absolute atomic E-state index is 0. The molecule has 0 saturated carbocycles. The summed E-state index contributed by atoms with van der Waals surface area (Å²) >= 11 is 0. The third-order valence-corrected chi connectivity index (χ3v) is 10.7. The number of aromatic nitrogens is 9. The molecule has 0 spiro atoms. The molecular formula is C49H56FN13O4S2. The van der Waals surface area contributed by atoms with E-state index in [1.807, 2.05) is 42.5 Å². The topological polar surface area (TPSA) is 217 Å². The van der Waals surface area contributed by atoms with Gasteiger partial charge in [-0.1, -0.05) is 57.7 Å². The molecular weight excluding hydrogens is 918 g/mol. The van der Waals surface area contributed by atoms with Gasteiger partial charge in [0, 0.05) is 111 Å². The maximum absolute atomic E-state index is 14.0. The Morgan fingerprint density at radius 1 is 0.623 bits per heavy atom. The van der Waals surface area contributed by atoms with Crippen LogP contribution in [0.15, 0.2) is 110 Å². The van der Waals surface area contributed by atoms with Gasteiger partial charge in [0.15, 0.2) is 11.6 Å². The van der Waals surface area contributed by atoms with Gasteiger partial charge in [-0.3, -0.25) is 19.6 Å². The van der Waals surface area contributed by atoms with E-state index in [0.29, 0.717) is 59.5 Å². The van der Waals surface area contributed by atoms with Gasteiger partial charge >= 0.3 is 0 Å². The number of anilines is 2. The van der Waals surface area contributed by atoms with E-state index in [2.05, 4.69) is 80.0 Å². The molecule has 0 aliphatic rings. The first-order valence-corrected chi connectivity index (χ1v) is 20.9. The van der Waals surface area contributed by atoms with Crippen LogP contribution in [0, 0.1) is 5.82 Å². The number of benzene rings is 2. The van der Waals surface area contributed by atoms with Gasteiger partial charge in [-0.25, -0.2) is 39.3 Å². The number of hydrogen-bond donors (Lipinski definition) is 4. The maximum atomic E-state index is 14.0. The van der Waals surface area contributed by atoms with Crippen molar-refractivity contribution in [1.82, 2.24) is 55.5 Å². The van der Waals surface area contributed by atoms with Gasteiger partial charge < -0.3 is 30.7 Å². The molecule has 0 fully saturated rings. The highest BCUT2D eigenvalue weighted by atomic mass is 32.1. The maximum Gasteiger partial charge on any atom is 0.251 e. The zero-order valence-electron chi connectivity index (χ0n) is 38.2. The highest BCUT2D eigenvalue weighted by molar-refractivity contribution is 7.59. The van der Waals surface area contributed by atoms with E-state index < -0.39 is 5.82 Å². The first-order chi connectivity index (χ1) is 32.1. The molecule has 8 aromatic rings. The average Bonchev–Trinajstić information content (AvgIpc) is 3.36. The summed E-state index contributed by atoms with van der Waals surface area (Å²) in [5, 5.41) is 13.7. The number of rotatable bonds is 15. The molecule has 0 aliphatic heterocycles. The Bertz CT molecular complexity index is 2990.